The summed E-state index contributed by atoms with van der Waals surface area (Å²) in [4.78, 5) is 17.1. The molecule has 0 aliphatic carbocycles. The maximum Gasteiger partial charge on any atom is 0.224 e. The number of anilines is 1. The predicted molar refractivity (Wildman–Crippen MR) is 111 cm³/mol. The molecule has 0 radical (unpaired) electrons. The standard InChI is InChI=1S/C21H23ClN2OS/c1-3-14-12-13-16(22)15(4-2)21(14)24-19(25)10-7-11-20-23-17-8-5-6-9-18(17)26-20/h5-6,8-9,12-13H,3-4,7,10-11H2,1-2H3,(H,24,25). The van der Waals surface area contributed by atoms with Crippen LogP contribution in [0.15, 0.2) is 36.4 Å². The first-order chi connectivity index (χ1) is 12.6. The molecular formula is C21H23ClN2OS. The normalized spacial score (nSPS) is 11.0. The van der Waals surface area contributed by atoms with Gasteiger partial charge in [-0.1, -0.05) is 43.6 Å². The molecule has 0 aliphatic heterocycles. The number of thiazole rings is 1. The molecule has 1 N–H and O–H groups in total. The lowest BCUT2D eigenvalue weighted by atomic mass is 10.0. The summed E-state index contributed by atoms with van der Waals surface area (Å²) in [5.41, 5.74) is 4.08. The van der Waals surface area contributed by atoms with Crippen molar-refractivity contribution in [3.8, 4) is 0 Å². The fourth-order valence-electron chi connectivity index (χ4n) is 3.10. The third kappa shape index (κ3) is 4.25. The number of halogens is 1. The number of benzene rings is 2. The second kappa shape index (κ2) is 8.65. The molecule has 136 valence electrons. The van der Waals surface area contributed by atoms with Crippen LogP contribution in [0, 0.1) is 0 Å². The smallest absolute Gasteiger partial charge is 0.224 e. The van der Waals surface area contributed by atoms with E-state index in [2.05, 4.69) is 30.2 Å². The Balaban J connectivity index is 1.61. The van der Waals surface area contributed by atoms with Gasteiger partial charge in [0.1, 0.15) is 0 Å². The molecule has 1 heterocycles. The van der Waals surface area contributed by atoms with Gasteiger partial charge in [0.15, 0.2) is 0 Å². The van der Waals surface area contributed by atoms with Gasteiger partial charge in [0, 0.05) is 17.1 Å². The minimum Gasteiger partial charge on any atom is -0.326 e. The monoisotopic (exact) mass is 386 g/mol. The van der Waals surface area contributed by atoms with Gasteiger partial charge in [-0.15, -0.1) is 11.3 Å². The zero-order chi connectivity index (χ0) is 18.5. The summed E-state index contributed by atoms with van der Waals surface area (Å²) in [7, 11) is 0. The maximum atomic E-state index is 12.5. The molecule has 3 rings (SSSR count). The average molecular weight is 387 g/mol. The minimum absolute atomic E-state index is 0.0396. The van der Waals surface area contributed by atoms with Crippen molar-refractivity contribution in [2.45, 2.75) is 46.0 Å². The van der Waals surface area contributed by atoms with Gasteiger partial charge in [-0.2, -0.15) is 0 Å². The number of hydrogen-bond acceptors (Lipinski definition) is 3. The second-order valence-electron chi connectivity index (χ2n) is 6.24. The van der Waals surface area contributed by atoms with Crippen molar-refractivity contribution in [1.29, 1.82) is 0 Å². The number of rotatable bonds is 7. The summed E-state index contributed by atoms with van der Waals surface area (Å²) in [6, 6.07) is 12.1. The van der Waals surface area contributed by atoms with Crippen LogP contribution < -0.4 is 5.32 Å². The molecule has 3 nitrogen and oxygen atoms in total. The molecule has 0 unspecified atom stereocenters. The van der Waals surface area contributed by atoms with Crippen molar-refractivity contribution in [1.82, 2.24) is 4.98 Å². The highest BCUT2D eigenvalue weighted by Gasteiger charge is 2.13. The minimum atomic E-state index is 0.0396. The lowest BCUT2D eigenvalue weighted by molar-refractivity contribution is -0.116. The molecule has 0 fully saturated rings. The van der Waals surface area contributed by atoms with Crippen molar-refractivity contribution >= 4 is 44.7 Å². The number of aromatic nitrogens is 1. The van der Waals surface area contributed by atoms with Crippen LogP contribution in [0.25, 0.3) is 10.2 Å². The Bertz CT molecular complexity index is 887. The molecule has 26 heavy (non-hydrogen) atoms. The lowest BCUT2D eigenvalue weighted by Crippen LogP contribution is -2.15. The van der Waals surface area contributed by atoms with Gasteiger partial charge in [-0.05, 0) is 55.0 Å². The van der Waals surface area contributed by atoms with Gasteiger partial charge >= 0.3 is 0 Å². The number of nitrogens with one attached hydrogen (secondary N) is 1. The molecule has 0 saturated heterocycles. The number of para-hydroxylation sites is 1. The summed E-state index contributed by atoms with van der Waals surface area (Å²) >= 11 is 8.01. The van der Waals surface area contributed by atoms with Crippen LogP contribution >= 0.6 is 22.9 Å². The maximum absolute atomic E-state index is 12.5. The molecule has 0 aliphatic rings. The van der Waals surface area contributed by atoms with E-state index in [0.717, 1.165) is 58.0 Å². The first-order valence-corrected chi connectivity index (χ1v) is 10.3. The number of amides is 1. The van der Waals surface area contributed by atoms with E-state index in [1.54, 1.807) is 11.3 Å². The molecule has 3 aromatic rings. The molecule has 0 saturated carbocycles. The lowest BCUT2D eigenvalue weighted by Gasteiger charge is -2.15. The molecule has 0 spiro atoms. The number of fused-ring (bicyclic) bond motifs is 1. The molecule has 1 amide bonds. The van der Waals surface area contributed by atoms with Crippen molar-refractivity contribution < 1.29 is 4.79 Å². The highest BCUT2D eigenvalue weighted by molar-refractivity contribution is 7.18. The largest absolute Gasteiger partial charge is 0.326 e. The first kappa shape index (κ1) is 18.9. The Morgan fingerprint density at radius 2 is 1.96 bits per heavy atom. The van der Waals surface area contributed by atoms with E-state index in [1.807, 2.05) is 30.3 Å². The van der Waals surface area contributed by atoms with Crippen molar-refractivity contribution in [3.05, 3.63) is 57.6 Å². The van der Waals surface area contributed by atoms with Crippen LogP contribution in [0.5, 0.6) is 0 Å². The Morgan fingerprint density at radius 3 is 2.69 bits per heavy atom. The number of aryl methyl sites for hydroxylation is 2. The average Bonchev–Trinajstić information content (AvgIpc) is 3.05. The predicted octanol–water partition coefficient (Wildman–Crippen LogP) is 6.04. The quantitative estimate of drug-likeness (QED) is 0.538. The fourth-order valence-corrected chi connectivity index (χ4v) is 4.40. The van der Waals surface area contributed by atoms with E-state index < -0.39 is 0 Å². The van der Waals surface area contributed by atoms with Gasteiger partial charge in [-0.25, -0.2) is 4.98 Å². The van der Waals surface area contributed by atoms with Crippen molar-refractivity contribution in [3.63, 3.8) is 0 Å². The van der Waals surface area contributed by atoms with E-state index in [9.17, 15) is 4.79 Å². The van der Waals surface area contributed by atoms with Crippen LogP contribution in [-0.4, -0.2) is 10.9 Å². The number of carbonyl (C=O) groups is 1. The molecule has 1 aromatic heterocycles. The van der Waals surface area contributed by atoms with Gasteiger partial charge in [0.2, 0.25) is 5.91 Å². The van der Waals surface area contributed by atoms with E-state index in [1.165, 1.54) is 4.70 Å². The highest BCUT2D eigenvalue weighted by atomic mass is 35.5. The molecule has 0 bridgehead atoms. The van der Waals surface area contributed by atoms with Gasteiger partial charge in [-0.3, -0.25) is 4.79 Å². The van der Waals surface area contributed by atoms with E-state index in [-0.39, 0.29) is 5.91 Å². The SMILES string of the molecule is CCc1ccc(Cl)c(CC)c1NC(=O)CCCc1nc2ccccc2s1. The molecular weight excluding hydrogens is 364 g/mol. The zero-order valence-electron chi connectivity index (χ0n) is 15.1. The summed E-state index contributed by atoms with van der Waals surface area (Å²) in [5.74, 6) is 0.0396. The summed E-state index contributed by atoms with van der Waals surface area (Å²) in [6.45, 7) is 4.15. The number of hydrogen-bond donors (Lipinski definition) is 1. The molecule has 2 aromatic carbocycles. The second-order valence-corrected chi connectivity index (χ2v) is 7.77. The topological polar surface area (TPSA) is 42.0 Å². The van der Waals surface area contributed by atoms with Crippen LogP contribution in [-0.2, 0) is 24.1 Å². The van der Waals surface area contributed by atoms with Gasteiger partial charge < -0.3 is 5.32 Å². The fraction of sp³-hybridized carbons (Fsp3) is 0.333. The van der Waals surface area contributed by atoms with Crippen molar-refractivity contribution in [2.24, 2.45) is 0 Å². The van der Waals surface area contributed by atoms with Crippen LogP contribution in [0.3, 0.4) is 0 Å². The summed E-state index contributed by atoms with van der Waals surface area (Å²) < 4.78 is 1.20. The Kier molecular flexibility index (Phi) is 6.28. The number of carbonyl (C=O) groups excluding carboxylic acids is 1. The Hall–Kier alpha value is -1.91. The highest BCUT2D eigenvalue weighted by Crippen LogP contribution is 2.30. The third-order valence-electron chi connectivity index (χ3n) is 4.47. The van der Waals surface area contributed by atoms with Gasteiger partial charge in [0.25, 0.3) is 0 Å². The Morgan fingerprint density at radius 1 is 1.15 bits per heavy atom. The third-order valence-corrected chi connectivity index (χ3v) is 5.92. The van der Waals surface area contributed by atoms with E-state index in [0.29, 0.717) is 6.42 Å². The van der Waals surface area contributed by atoms with E-state index in [4.69, 9.17) is 11.6 Å². The summed E-state index contributed by atoms with van der Waals surface area (Å²) in [5, 5.41) is 4.90. The summed E-state index contributed by atoms with van der Waals surface area (Å²) in [6.07, 6.45) is 3.76. The number of nitrogens with zero attached hydrogens (tertiary/aromatic N) is 1. The van der Waals surface area contributed by atoms with Crippen LogP contribution in [0.1, 0.15) is 42.8 Å². The zero-order valence-corrected chi connectivity index (χ0v) is 16.7. The van der Waals surface area contributed by atoms with E-state index >= 15 is 0 Å². The van der Waals surface area contributed by atoms with Gasteiger partial charge in [0.05, 0.1) is 15.2 Å². The molecule has 5 heteroatoms. The van der Waals surface area contributed by atoms with Crippen molar-refractivity contribution in [2.75, 3.05) is 5.32 Å². The van der Waals surface area contributed by atoms with Crippen LogP contribution in [0.2, 0.25) is 5.02 Å². The molecule has 0 atom stereocenters. The Labute approximate surface area is 163 Å². The first-order valence-electron chi connectivity index (χ1n) is 9.07. The van der Waals surface area contributed by atoms with Crippen LogP contribution in [0.4, 0.5) is 5.69 Å².